The lowest BCUT2D eigenvalue weighted by Gasteiger charge is -2.43. The van der Waals surface area contributed by atoms with Crippen LogP contribution < -0.4 is 76.7 Å². The van der Waals surface area contributed by atoms with Gasteiger partial charge in [-0.15, -0.1) is 0 Å². The van der Waals surface area contributed by atoms with Crippen molar-refractivity contribution in [3.8, 4) is 17.2 Å². The van der Waals surface area contributed by atoms with Crippen molar-refractivity contribution in [2.24, 2.45) is 0 Å². The molecule has 6 aromatic heterocycles. The average molecular weight is 1970 g/mol. The molecule has 0 unspecified atom stereocenters. The molecule has 0 amide bonds. The summed E-state index contributed by atoms with van der Waals surface area (Å²) in [5.74, 6) is 4.49. The van der Waals surface area contributed by atoms with Crippen LogP contribution >= 0.6 is 60.6 Å². The van der Waals surface area contributed by atoms with Gasteiger partial charge in [0.15, 0.2) is 11.6 Å². The zero-order chi connectivity index (χ0) is 93.4. The molecule has 0 saturated carbocycles. The van der Waals surface area contributed by atoms with Crippen LogP contribution in [0.1, 0.15) is 44.1 Å². The largest absolute Gasteiger partial charge is 0.494 e. The first-order chi connectivity index (χ1) is 64.0. The summed E-state index contributed by atoms with van der Waals surface area (Å²) in [6, 6.07) is 29.6. The molecule has 6 aliphatic rings. The molecule has 0 bridgehead atoms. The van der Waals surface area contributed by atoms with E-state index in [4.69, 9.17) is 42.4 Å². The minimum absolute atomic E-state index is 0.324. The van der Waals surface area contributed by atoms with Gasteiger partial charge in [-0.3, -0.25) is 44.6 Å². The number of benzene rings is 6. The number of anilines is 15. The highest BCUT2D eigenvalue weighted by molar-refractivity contribution is 9.10. The SMILES string of the molecule is COc1cc(N2CCC(N3CCN(C)CC3)CC2)c(C)cc1Nc1ncc(Cl)c(Nc2ccc3nccnc3c2P(C)(C)=O)n1.COc1cc(N2CCC(N3CCN(C)CC3)CC2)ccc1Nc1ncc(Br)c(Nc2ccc3nccnc3c2P(C)(C)=O)n1.COc1cc(N2CCC(N3CCN(C)CC3)CC2)ccc1Nc1ncc(Cl)c(Nc2ccc3nccnc3c2P(C)(C)=O)n1. The number of nitrogens with zero attached hydrogens (tertiary/aromatic N) is 21. The lowest BCUT2D eigenvalue weighted by Crippen LogP contribution is -2.52. The number of ether oxygens (including phenoxy) is 3. The fraction of sp³-hybridized carbons (Fsp3) is 0.426. The van der Waals surface area contributed by atoms with E-state index in [1.807, 2.05) is 48.5 Å². The van der Waals surface area contributed by atoms with Gasteiger partial charge in [0.05, 0.1) is 105 Å². The second-order valence-electron chi connectivity index (χ2n) is 35.9. The summed E-state index contributed by atoms with van der Waals surface area (Å²) >= 11 is 16.6. The predicted octanol–water partition coefficient (Wildman–Crippen LogP) is 15.5. The van der Waals surface area contributed by atoms with Crippen LogP contribution in [0.3, 0.4) is 0 Å². The Morgan fingerprint density at radius 2 is 0.662 bits per heavy atom. The Labute approximate surface area is 796 Å². The second kappa shape index (κ2) is 42.3. The Bertz CT molecular complexity index is 6050. The van der Waals surface area contributed by atoms with Gasteiger partial charge in [0.25, 0.3) is 0 Å². The van der Waals surface area contributed by atoms with Gasteiger partial charge in [-0.2, -0.15) is 15.0 Å². The summed E-state index contributed by atoms with van der Waals surface area (Å²) < 4.78 is 58.1. The molecule has 0 radical (unpaired) electrons. The number of nitrogens with one attached hydrogen (secondary N) is 6. The van der Waals surface area contributed by atoms with Crippen molar-refractivity contribution in [3.05, 3.63) is 161 Å². The zero-order valence-electron chi connectivity index (χ0n) is 77.8. The number of piperazine rings is 3. The van der Waals surface area contributed by atoms with Crippen LogP contribution in [0.25, 0.3) is 33.1 Å². The molecule has 12 aromatic rings. The second-order valence-corrected chi connectivity index (χ2v) is 47.0. The van der Waals surface area contributed by atoms with Gasteiger partial charge in [-0.1, -0.05) is 23.2 Å². The maximum atomic E-state index is 13.4. The number of hydrogen-bond acceptors (Lipinski definition) is 33. The molecule has 12 heterocycles. The summed E-state index contributed by atoms with van der Waals surface area (Å²) in [5, 5.41) is 22.3. The molecule has 0 atom stereocenters. The molecule has 0 spiro atoms. The molecule has 0 aliphatic carbocycles. The first-order valence-corrected chi connectivity index (χ1v) is 54.5. The minimum atomic E-state index is -2.76. The summed E-state index contributed by atoms with van der Waals surface area (Å²) in [7, 11) is 3.40. The van der Waals surface area contributed by atoms with E-state index in [1.54, 1.807) is 105 Å². The highest BCUT2D eigenvalue weighted by atomic mass is 79.9. The van der Waals surface area contributed by atoms with Crippen LogP contribution in [0, 0.1) is 6.92 Å². The van der Waals surface area contributed by atoms with Crippen LogP contribution in [0.4, 0.5) is 86.5 Å². The lowest BCUT2D eigenvalue weighted by molar-refractivity contribution is 0.0982. The van der Waals surface area contributed by atoms with Crippen molar-refractivity contribution in [2.75, 3.05) is 247 Å². The van der Waals surface area contributed by atoms with Crippen molar-refractivity contribution in [1.82, 2.24) is 89.2 Å². The van der Waals surface area contributed by atoms with Gasteiger partial charge in [0, 0.05) is 215 Å². The number of methoxy groups -OCH3 is 3. The molecule has 133 heavy (non-hydrogen) atoms. The van der Waals surface area contributed by atoms with Crippen LogP contribution in [-0.4, -0.2) is 308 Å². The lowest BCUT2D eigenvalue weighted by atomic mass is 10.0. The third-order valence-electron chi connectivity index (χ3n) is 25.7. The van der Waals surface area contributed by atoms with Gasteiger partial charge in [0.2, 0.25) is 17.8 Å². The van der Waals surface area contributed by atoms with Gasteiger partial charge in [-0.25, -0.2) is 15.0 Å². The average Bonchev–Trinajstić information content (AvgIpc) is 0.776. The summed E-state index contributed by atoms with van der Waals surface area (Å²) in [4.78, 5) is 76.5. The number of aromatic nitrogens is 12. The van der Waals surface area contributed by atoms with Crippen LogP contribution in [0.5, 0.6) is 17.2 Å². The van der Waals surface area contributed by atoms with E-state index in [9.17, 15) is 13.7 Å². The number of piperidine rings is 3. The van der Waals surface area contributed by atoms with Crippen LogP contribution in [-0.2, 0) is 13.7 Å². The Hall–Kier alpha value is -10.3. The smallest absolute Gasteiger partial charge is 0.229 e. The van der Waals surface area contributed by atoms with Crippen molar-refractivity contribution in [1.29, 1.82) is 0 Å². The molecular formula is C94H119BrCl2N27O6P3. The predicted molar refractivity (Wildman–Crippen MR) is 546 cm³/mol. The Morgan fingerprint density at radius 3 is 1.02 bits per heavy atom. The van der Waals surface area contributed by atoms with E-state index < -0.39 is 21.4 Å². The van der Waals surface area contributed by atoms with Crippen molar-refractivity contribution in [3.63, 3.8) is 0 Å². The molecule has 33 nitrogen and oxygen atoms in total. The van der Waals surface area contributed by atoms with Crippen molar-refractivity contribution < 1.29 is 27.9 Å². The van der Waals surface area contributed by atoms with Crippen LogP contribution in [0.2, 0.25) is 10.0 Å². The third-order valence-corrected chi connectivity index (χ3v) is 31.4. The molecule has 18 rings (SSSR count). The Morgan fingerprint density at radius 1 is 0.353 bits per heavy atom. The fourth-order valence-electron chi connectivity index (χ4n) is 18.5. The van der Waals surface area contributed by atoms with Gasteiger partial charge in [-0.05, 0) is 195 Å². The van der Waals surface area contributed by atoms with Crippen LogP contribution in [0.15, 0.2) is 145 Å². The number of aryl methyl sites for hydroxylation is 1. The highest BCUT2D eigenvalue weighted by Gasteiger charge is 2.34. The van der Waals surface area contributed by atoms with E-state index in [1.165, 1.54) is 44.0 Å². The standard InChI is InChI=1S/C32H41ClN9O2P.C31H39BrN9O2P.C31H39ClN9O2P/c1-21-18-26(28(44-3)19-27(21)42-12-8-22(9-13-42)41-16-14-40(2)15-17-41)38-32-36-20-23(33)31(39-32)37-25-7-6-24-29(35-11-10-34-24)30(25)45(4,5)43;2*1-39-15-17-41(18-16-39)21-9-13-40(14-10-21)22-5-6-24(27(19-22)43-2)37-31-35-20-23(32)30(38-31)36-26-8-7-25-28(34-12-11-33-25)29(26)44(3,4)42/h6-7,10-11,18-20,22H,8-9,12-17H2,1-5H3,(H2,36,37,38,39);2*5-8,11-12,19-21H,9-10,13-18H2,1-4H3,(H2,35,36,37,38). The van der Waals surface area contributed by atoms with Gasteiger partial charge >= 0.3 is 0 Å². The number of fused-ring (bicyclic) bond motifs is 3. The Balaban J connectivity index is 0.000000145. The molecule has 6 N–H and O–H groups in total. The first kappa shape index (κ1) is 95.8. The normalized spacial score (nSPS) is 17.1. The first-order valence-electron chi connectivity index (χ1n) is 45.1. The number of likely N-dealkylation sites (N-methyl/N-ethyl adjacent to an activating group) is 3. The highest BCUT2D eigenvalue weighted by Crippen LogP contribution is 2.47. The molecule has 6 aliphatic heterocycles. The van der Waals surface area contributed by atoms with E-state index in [0.717, 1.165) is 170 Å². The maximum Gasteiger partial charge on any atom is 0.229 e. The van der Waals surface area contributed by atoms with E-state index in [-0.39, 0.29) is 0 Å². The van der Waals surface area contributed by atoms with E-state index in [0.29, 0.717) is 146 Å². The number of rotatable bonds is 24. The van der Waals surface area contributed by atoms with Gasteiger partial charge in [0.1, 0.15) is 71.1 Å². The number of hydrogen-bond donors (Lipinski definition) is 6. The number of halogens is 3. The Kier molecular flexibility index (Phi) is 30.5. The van der Waals surface area contributed by atoms with Crippen molar-refractivity contribution in [2.45, 2.75) is 63.6 Å². The summed E-state index contributed by atoms with van der Waals surface area (Å²) in [5.41, 5.74) is 12.6. The van der Waals surface area contributed by atoms with E-state index in [2.05, 4.69) is 211 Å². The molecule has 6 aromatic carbocycles. The van der Waals surface area contributed by atoms with E-state index >= 15 is 0 Å². The minimum Gasteiger partial charge on any atom is -0.494 e. The summed E-state index contributed by atoms with van der Waals surface area (Å²) in [6.45, 7) is 32.5. The molecule has 39 heteroatoms. The summed E-state index contributed by atoms with van der Waals surface area (Å²) in [6.07, 6.45) is 21.4. The van der Waals surface area contributed by atoms with Gasteiger partial charge < -0.3 is 89.2 Å². The molecule has 6 saturated heterocycles. The zero-order valence-corrected chi connectivity index (χ0v) is 83.6. The maximum absolute atomic E-state index is 13.4. The van der Waals surface area contributed by atoms with Crippen molar-refractivity contribution >= 4 is 196 Å². The quantitative estimate of drug-likeness (QED) is 0.0306. The molecule has 6 fully saturated rings. The molecular weight excluding hydrogens is 1850 g/mol. The fourth-order valence-corrected chi connectivity index (χ4v) is 23.3. The topological polar surface area (TPSA) is 335 Å². The third kappa shape index (κ3) is 23.1. The monoisotopic (exact) mass is 1960 g/mol. The molecule has 702 valence electrons.